The average molecular weight is 1030 g/mol. The molecule has 0 atom stereocenters. The first kappa shape index (κ1) is 54.1. The summed E-state index contributed by atoms with van der Waals surface area (Å²) in [6.45, 7) is 15.9. The van der Waals surface area contributed by atoms with Crippen molar-refractivity contribution in [2.75, 3.05) is 26.4 Å². The molecule has 1 heterocycles. The van der Waals surface area contributed by atoms with Crippen LogP contribution in [-0.4, -0.2) is 86.7 Å². The Morgan fingerprint density at radius 3 is 1.28 bits per heavy atom. The molecule has 72 heavy (non-hydrogen) atoms. The Kier molecular flexibility index (Phi) is 20.2. The normalized spacial score (nSPS) is 24.8. The van der Waals surface area contributed by atoms with E-state index in [9.17, 15) is 34.0 Å². The van der Waals surface area contributed by atoms with E-state index in [0.717, 1.165) is 61.4 Å². The molecule has 5 aliphatic rings. The minimum Gasteiger partial charge on any atom is -0.462 e. The van der Waals surface area contributed by atoms with Gasteiger partial charge in [-0.3, -0.25) is 19.2 Å². The third kappa shape index (κ3) is 14.5. The molecular formula is C54H62N2O14S2. The third-order valence-electron chi connectivity index (χ3n) is 13.9. The zero-order valence-electron chi connectivity index (χ0n) is 40.5. The number of hydrogen-bond acceptors (Lipinski definition) is 17. The molecule has 0 amide bonds. The lowest BCUT2D eigenvalue weighted by molar-refractivity contribution is -0.160. The van der Waals surface area contributed by atoms with Gasteiger partial charge >= 0.3 is 35.8 Å². The van der Waals surface area contributed by atoms with Crippen LogP contribution >= 0.6 is 23.5 Å². The van der Waals surface area contributed by atoms with Crippen molar-refractivity contribution in [2.24, 2.45) is 23.7 Å². The lowest BCUT2D eigenvalue weighted by Crippen LogP contribution is -2.33. The molecule has 2 aromatic carbocycles. The van der Waals surface area contributed by atoms with Crippen molar-refractivity contribution < 1.29 is 66.7 Å². The van der Waals surface area contributed by atoms with Gasteiger partial charge in [-0.25, -0.2) is 19.7 Å². The standard InChI is InChI=1S/C54H62N2O14S2/c1-4-44(57)65-30-8-28-63-37-20-24-39(25-21-37)67-50(59)33-12-16-35(17-13-33)52(61)69-46-41-10-6-7-11-42(41)47(49-48(46)71-54(72-49)43(32-55)56-3)70-53(62)36-18-14-34(15-19-36)51(60)68-40-26-22-38(23-27-40)64-29-9-31-66-45(58)5-2/h4-7,10-11,33-40H,1-2,8-9,12-31H2. The van der Waals surface area contributed by atoms with Crippen molar-refractivity contribution in [3.8, 4) is 17.6 Å². The highest BCUT2D eigenvalue weighted by atomic mass is 32.2. The van der Waals surface area contributed by atoms with Crippen molar-refractivity contribution in [1.82, 2.24) is 0 Å². The van der Waals surface area contributed by atoms with Crippen molar-refractivity contribution >= 4 is 70.1 Å². The van der Waals surface area contributed by atoms with Crippen LogP contribution < -0.4 is 9.47 Å². The Balaban J connectivity index is 0.909. The van der Waals surface area contributed by atoms with Crippen LogP contribution in [-0.2, 0) is 57.2 Å². The van der Waals surface area contributed by atoms with Crippen LogP contribution in [0.1, 0.15) is 116 Å². The van der Waals surface area contributed by atoms with Crippen LogP contribution in [0, 0.1) is 41.6 Å². The van der Waals surface area contributed by atoms with E-state index < -0.39 is 35.7 Å². The second kappa shape index (κ2) is 26.9. The lowest BCUT2D eigenvalue weighted by Gasteiger charge is -2.31. The van der Waals surface area contributed by atoms with Crippen molar-refractivity contribution in [3.63, 3.8) is 0 Å². The zero-order valence-corrected chi connectivity index (χ0v) is 42.1. The number of carbonyl (C=O) groups is 6. The second-order valence-electron chi connectivity index (χ2n) is 18.7. The molecular weight excluding hydrogens is 965 g/mol. The number of nitriles is 1. The van der Waals surface area contributed by atoms with Crippen LogP contribution in [0.25, 0.3) is 15.6 Å². The van der Waals surface area contributed by atoms with Gasteiger partial charge in [0.15, 0.2) is 11.5 Å². The van der Waals surface area contributed by atoms with E-state index in [1.807, 2.05) is 6.07 Å². The maximum absolute atomic E-state index is 14.0. The van der Waals surface area contributed by atoms with E-state index >= 15 is 0 Å². The third-order valence-corrected chi connectivity index (χ3v) is 16.5. The molecule has 384 valence electrons. The van der Waals surface area contributed by atoms with Gasteiger partial charge in [0.05, 0.1) is 89.0 Å². The Bertz CT molecular complexity index is 2280. The van der Waals surface area contributed by atoms with E-state index in [1.165, 1.54) is 0 Å². The highest BCUT2D eigenvalue weighted by Gasteiger charge is 2.39. The zero-order chi connectivity index (χ0) is 51.0. The van der Waals surface area contributed by atoms with Crippen LogP contribution in [0.4, 0.5) is 0 Å². The smallest absolute Gasteiger partial charge is 0.330 e. The summed E-state index contributed by atoms with van der Waals surface area (Å²) in [5, 5.41) is 10.9. The second-order valence-corrected chi connectivity index (χ2v) is 21.0. The predicted octanol–water partition coefficient (Wildman–Crippen LogP) is 10.1. The van der Waals surface area contributed by atoms with Gasteiger partial charge < -0.3 is 37.9 Å². The molecule has 0 spiro atoms. The Hall–Kier alpha value is -5.66. The fourth-order valence-corrected chi connectivity index (χ4v) is 12.4. The summed E-state index contributed by atoms with van der Waals surface area (Å²) in [5.74, 6) is -3.47. The first-order chi connectivity index (χ1) is 35.0. The number of nitrogens with zero attached hydrogens (tertiary/aromatic N) is 2. The average Bonchev–Trinajstić information content (AvgIpc) is 3.85. The molecule has 4 aliphatic carbocycles. The SMILES string of the molecule is [C-]#[N+]C(C#N)=C1Sc2c(c(OC(=O)C3CCC(C(=O)OC4CCC(OCCCOC(=O)C=C)CC4)CC3)c3ccccc3c2OC(=O)C2CCC(C(=O)OC3CCC(OCCCOC(=O)C=C)CC3)CC2)S1. The summed E-state index contributed by atoms with van der Waals surface area (Å²) in [5.41, 5.74) is -0.139. The van der Waals surface area contributed by atoms with Gasteiger partial charge in [-0.15, -0.1) is 0 Å². The summed E-state index contributed by atoms with van der Waals surface area (Å²) in [7, 11) is 0. The number of ether oxygens (including phenoxy) is 8. The highest BCUT2D eigenvalue weighted by molar-refractivity contribution is 8.24. The molecule has 7 rings (SSSR count). The number of carbonyl (C=O) groups excluding carboxylic acids is 6. The molecule has 0 N–H and O–H groups in total. The Morgan fingerprint density at radius 1 is 0.569 bits per heavy atom. The molecule has 18 heteroatoms. The topological polar surface area (TPSA) is 204 Å². The quantitative estimate of drug-likeness (QED) is 0.0230. The number of esters is 6. The Labute approximate surface area is 428 Å². The van der Waals surface area contributed by atoms with Crippen LogP contribution in [0.15, 0.2) is 69.3 Å². The largest absolute Gasteiger partial charge is 0.462 e. The molecule has 4 saturated carbocycles. The van der Waals surface area contributed by atoms with E-state index in [0.29, 0.717) is 128 Å². The predicted molar refractivity (Wildman–Crippen MR) is 265 cm³/mol. The van der Waals surface area contributed by atoms with E-state index in [-0.39, 0.29) is 78.6 Å². The minimum atomic E-state index is -0.484. The monoisotopic (exact) mass is 1030 g/mol. The molecule has 0 unspecified atom stereocenters. The van der Waals surface area contributed by atoms with Gasteiger partial charge in [0.1, 0.15) is 12.2 Å². The molecule has 0 aromatic heterocycles. The van der Waals surface area contributed by atoms with Gasteiger partial charge in [-0.2, -0.15) is 0 Å². The van der Waals surface area contributed by atoms with Crippen molar-refractivity contribution in [3.05, 3.63) is 70.9 Å². The minimum absolute atomic E-state index is 0.0597. The van der Waals surface area contributed by atoms with Crippen molar-refractivity contribution in [1.29, 1.82) is 5.26 Å². The molecule has 2 aromatic rings. The summed E-state index contributed by atoms with van der Waals surface area (Å²) in [4.78, 5) is 81.4. The molecule has 0 saturated heterocycles. The van der Waals surface area contributed by atoms with Gasteiger partial charge in [0.2, 0.25) is 0 Å². The lowest BCUT2D eigenvalue weighted by atomic mass is 9.82. The number of rotatable bonds is 20. The van der Waals surface area contributed by atoms with Gasteiger partial charge in [0, 0.05) is 35.8 Å². The van der Waals surface area contributed by atoms with Gasteiger partial charge in [-0.05, 0) is 103 Å². The number of fused-ring (bicyclic) bond motifs is 2. The maximum atomic E-state index is 14.0. The molecule has 1 aliphatic heterocycles. The highest BCUT2D eigenvalue weighted by Crippen LogP contribution is 2.62. The number of allylic oxidation sites excluding steroid dienone is 1. The number of hydrogen-bond donors (Lipinski definition) is 0. The molecule has 0 radical (unpaired) electrons. The Morgan fingerprint density at radius 2 is 0.931 bits per heavy atom. The molecule has 0 bridgehead atoms. The summed E-state index contributed by atoms with van der Waals surface area (Å²) in [6.07, 6.45) is 12.6. The molecule has 16 nitrogen and oxygen atoms in total. The first-order valence-electron chi connectivity index (χ1n) is 25.1. The summed E-state index contributed by atoms with van der Waals surface area (Å²) < 4.78 is 46.6. The number of thioether (sulfide) groups is 2. The fourth-order valence-electron chi connectivity index (χ4n) is 9.87. The van der Waals surface area contributed by atoms with Gasteiger partial charge in [0.25, 0.3) is 5.70 Å². The number of benzene rings is 2. The fraction of sp³-hybridized carbons (Fsp3) is 0.556. The van der Waals surface area contributed by atoms with E-state index in [1.54, 1.807) is 24.3 Å². The van der Waals surface area contributed by atoms with Crippen LogP contribution in [0.3, 0.4) is 0 Å². The van der Waals surface area contributed by atoms with Crippen LogP contribution in [0.2, 0.25) is 0 Å². The van der Waals surface area contributed by atoms with E-state index in [2.05, 4.69) is 18.0 Å². The molecule has 4 fully saturated rings. The van der Waals surface area contributed by atoms with Crippen LogP contribution in [0.5, 0.6) is 11.5 Å². The van der Waals surface area contributed by atoms with Gasteiger partial charge in [-0.1, -0.05) is 60.9 Å². The summed E-state index contributed by atoms with van der Waals surface area (Å²) >= 11 is 2.25. The summed E-state index contributed by atoms with van der Waals surface area (Å²) in [6, 6.07) is 9.10. The van der Waals surface area contributed by atoms with Crippen molar-refractivity contribution in [2.45, 2.75) is 150 Å². The van der Waals surface area contributed by atoms with E-state index in [4.69, 9.17) is 44.5 Å². The maximum Gasteiger partial charge on any atom is 0.330 e. The first-order valence-corrected chi connectivity index (χ1v) is 26.7.